The lowest BCUT2D eigenvalue weighted by atomic mass is 10.1. The Bertz CT molecular complexity index is 355. The molecule has 0 spiro atoms. The predicted octanol–water partition coefficient (Wildman–Crippen LogP) is 0.148. The fourth-order valence-electron chi connectivity index (χ4n) is 1.39. The van der Waals surface area contributed by atoms with Crippen molar-refractivity contribution in [3.05, 3.63) is 17.5 Å². The summed E-state index contributed by atoms with van der Waals surface area (Å²) in [6.07, 6.45) is 2.50. The van der Waals surface area contributed by atoms with Gasteiger partial charge in [0.05, 0.1) is 31.7 Å². The van der Waals surface area contributed by atoms with E-state index in [1.807, 2.05) is 7.05 Å². The van der Waals surface area contributed by atoms with E-state index in [0.29, 0.717) is 5.56 Å². The molecule has 1 saturated heterocycles. The van der Waals surface area contributed by atoms with E-state index in [4.69, 9.17) is 4.74 Å². The summed E-state index contributed by atoms with van der Waals surface area (Å²) in [5, 5.41) is 4.03. The van der Waals surface area contributed by atoms with E-state index in [1.165, 1.54) is 13.3 Å². The smallest absolute Gasteiger partial charge is 0.341 e. The van der Waals surface area contributed by atoms with Crippen LogP contribution in [-0.4, -0.2) is 35.6 Å². The van der Waals surface area contributed by atoms with E-state index in [-0.39, 0.29) is 12.1 Å². The highest BCUT2D eigenvalue weighted by molar-refractivity contribution is 5.90. The number of epoxide rings is 1. The van der Waals surface area contributed by atoms with Crippen molar-refractivity contribution in [2.45, 2.75) is 12.5 Å². The fourth-order valence-corrected chi connectivity index (χ4v) is 1.39. The summed E-state index contributed by atoms with van der Waals surface area (Å²) in [5.74, 6) is -0.339. The number of hydrogen-bond donors (Lipinski definition) is 0. The molecule has 5 heteroatoms. The summed E-state index contributed by atoms with van der Waals surface area (Å²) in [6, 6.07) is 0. The Morgan fingerprint density at radius 3 is 3.14 bits per heavy atom. The zero-order chi connectivity index (χ0) is 10.1. The number of aryl methyl sites for hydroxylation is 1. The maximum Gasteiger partial charge on any atom is 0.341 e. The third-order valence-corrected chi connectivity index (χ3v) is 2.29. The molecule has 1 aromatic heterocycles. The van der Waals surface area contributed by atoms with Gasteiger partial charge in [-0.1, -0.05) is 0 Å². The lowest BCUT2D eigenvalue weighted by Crippen LogP contribution is -2.09. The number of rotatable bonds is 3. The zero-order valence-corrected chi connectivity index (χ0v) is 8.19. The van der Waals surface area contributed by atoms with E-state index in [9.17, 15) is 4.79 Å². The number of carbonyl (C=O) groups excluding carboxylic acids is 1. The predicted molar refractivity (Wildman–Crippen MR) is 48.0 cm³/mol. The Morgan fingerprint density at radius 1 is 1.86 bits per heavy atom. The van der Waals surface area contributed by atoms with Crippen LogP contribution in [0.2, 0.25) is 0 Å². The number of hydrogen-bond acceptors (Lipinski definition) is 4. The van der Waals surface area contributed by atoms with Gasteiger partial charge in [0.1, 0.15) is 5.56 Å². The summed E-state index contributed by atoms with van der Waals surface area (Å²) in [5.41, 5.74) is 1.41. The van der Waals surface area contributed by atoms with Crippen LogP contribution in [0, 0.1) is 0 Å². The van der Waals surface area contributed by atoms with Crippen molar-refractivity contribution >= 4 is 5.97 Å². The normalized spacial score (nSPS) is 19.4. The molecule has 0 radical (unpaired) electrons. The van der Waals surface area contributed by atoms with E-state index in [1.54, 1.807) is 4.68 Å². The molecule has 0 amide bonds. The Balaban J connectivity index is 2.24. The van der Waals surface area contributed by atoms with Crippen molar-refractivity contribution in [3.63, 3.8) is 0 Å². The molecular weight excluding hydrogens is 184 g/mol. The number of aromatic nitrogens is 2. The van der Waals surface area contributed by atoms with Crippen LogP contribution in [0.1, 0.15) is 16.1 Å². The van der Waals surface area contributed by atoms with Gasteiger partial charge in [0.2, 0.25) is 0 Å². The number of nitrogens with zero attached hydrogens (tertiary/aromatic N) is 2. The molecule has 14 heavy (non-hydrogen) atoms. The zero-order valence-electron chi connectivity index (χ0n) is 8.19. The first-order valence-electron chi connectivity index (χ1n) is 4.43. The largest absolute Gasteiger partial charge is 0.465 e. The molecule has 1 fully saturated rings. The molecule has 5 nitrogen and oxygen atoms in total. The lowest BCUT2D eigenvalue weighted by Gasteiger charge is -2.02. The summed E-state index contributed by atoms with van der Waals surface area (Å²) in [6.45, 7) is 0.770. The van der Waals surface area contributed by atoms with Crippen molar-refractivity contribution in [2.75, 3.05) is 13.7 Å². The second kappa shape index (κ2) is 3.42. The monoisotopic (exact) mass is 196 g/mol. The quantitative estimate of drug-likeness (QED) is 0.510. The van der Waals surface area contributed by atoms with E-state index in [0.717, 1.165) is 18.7 Å². The first kappa shape index (κ1) is 9.21. The SMILES string of the molecule is COC(=O)c1cnn(C)c1CC1CO1. The maximum absolute atomic E-state index is 11.3. The van der Waals surface area contributed by atoms with Crippen LogP contribution in [0.4, 0.5) is 0 Å². The molecule has 1 aliphatic heterocycles. The molecule has 1 aliphatic rings. The molecule has 0 N–H and O–H groups in total. The van der Waals surface area contributed by atoms with E-state index in [2.05, 4.69) is 9.84 Å². The number of methoxy groups -OCH3 is 1. The number of esters is 1. The van der Waals surface area contributed by atoms with Crippen molar-refractivity contribution in [2.24, 2.45) is 7.05 Å². The topological polar surface area (TPSA) is 56.6 Å². The number of ether oxygens (including phenoxy) is 2. The summed E-state index contributed by atoms with van der Waals surface area (Å²) < 4.78 is 11.5. The van der Waals surface area contributed by atoms with Crippen molar-refractivity contribution in [1.29, 1.82) is 0 Å². The summed E-state index contributed by atoms with van der Waals surface area (Å²) in [4.78, 5) is 11.3. The molecule has 0 aromatic carbocycles. The van der Waals surface area contributed by atoms with Crippen molar-refractivity contribution in [1.82, 2.24) is 9.78 Å². The van der Waals surface area contributed by atoms with Crippen LogP contribution in [0.3, 0.4) is 0 Å². The van der Waals surface area contributed by atoms with Gasteiger partial charge in [-0.3, -0.25) is 4.68 Å². The Morgan fingerprint density at radius 2 is 2.57 bits per heavy atom. The second-order valence-corrected chi connectivity index (χ2v) is 3.28. The average Bonchev–Trinajstić information content (AvgIpc) is 2.92. The van der Waals surface area contributed by atoms with Crippen LogP contribution < -0.4 is 0 Å². The average molecular weight is 196 g/mol. The van der Waals surface area contributed by atoms with Crippen LogP contribution >= 0.6 is 0 Å². The fraction of sp³-hybridized carbons (Fsp3) is 0.556. The first-order valence-corrected chi connectivity index (χ1v) is 4.43. The van der Waals surface area contributed by atoms with E-state index < -0.39 is 0 Å². The van der Waals surface area contributed by atoms with Gasteiger partial charge < -0.3 is 9.47 Å². The van der Waals surface area contributed by atoms with Gasteiger partial charge >= 0.3 is 5.97 Å². The second-order valence-electron chi connectivity index (χ2n) is 3.28. The Labute approximate surface area is 81.6 Å². The van der Waals surface area contributed by atoms with Crippen LogP contribution in [0.25, 0.3) is 0 Å². The van der Waals surface area contributed by atoms with Gasteiger partial charge in [-0.2, -0.15) is 5.10 Å². The molecule has 0 bridgehead atoms. The minimum atomic E-state index is -0.339. The molecular formula is C9H12N2O3. The minimum absolute atomic E-state index is 0.244. The third-order valence-electron chi connectivity index (χ3n) is 2.29. The summed E-state index contributed by atoms with van der Waals surface area (Å²) in [7, 11) is 3.18. The molecule has 2 rings (SSSR count). The van der Waals surface area contributed by atoms with Gasteiger partial charge in [-0.25, -0.2) is 4.79 Å². The molecule has 0 aliphatic carbocycles. The highest BCUT2D eigenvalue weighted by atomic mass is 16.6. The van der Waals surface area contributed by atoms with Gasteiger partial charge in [0, 0.05) is 13.5 Å². The molecule has 1 aromatic rings. The minimum Gasteiger partial charge on any atom is -0.465 e. The molecule has 2 heterocycles. The Kier molecular flexibility index (Phi) is 2.25. The molecule has 1 unspecified atom stereocenters. The maximum atomic E-state index is 11.3. The molecule has 76 valence electrons. The highest BCUT2D eigenvalue weighted by Crippen LogP contribution is 2.19. The highest BCUT2D eigenvalue weighted by Gasteiger charge is 2.27. The van der Waals surface area contributed by atoms with Crippen LogP contribution in [0.5, 0.6) is 0 Å². The van der Waals surface area contributed by atoms with Crippen molar-refractivity contribution in [3.8, 4) is 0 Å². The summed E-state index contributed by atoms with van der Waals surface area (Å²) >= 11 is 0. The van der Waals surface area contributed by atoms with Crippen LogP contribution in [0.15, 0.2) is 6.20 Å². The van der Waals surface area contributed by atoms with Gasteiger partial charge in [-0.15, -0.1) is 0 Å². The molecule has 0 saturated carbocycles. The molecule has 1 atom stereocenters. The lowest BCUT2D eigenvalue weighted by molar-refractivity contribution is 0.0599. The number of carbonyl (C=O) groups is 1. The van der Waals surface area contributed by atoms with Gasteiger partial charge in [0.25, 0.3) is 0 Å². The third kappa shape index (κ3) is 1.63. The van der Waals surface area contributed by atoms with Gasteiger partial charge in [0.15, 0.2) is 0 Å². The Hall–Kier alpha value is -1.36. The van der Waals surface area contributed by atoms with Crippen LogP contribution in [-0.2, 0) is 22.9 Å². The standard InChI is InChI=1S/C9H12N2O3/c1-11-8(3-6-5-14-6)7(4-10-11)9(12)13-2/h4,6H,3,5H2,1-2H3. The van der Waals surface area contributed by atoms with Crippen molar-refractivity contribution < 1.29 is 14.3 Å². The van der Waals surface area contributed by atoms with E-state index >= 15 is 0 Å². The van der Waals surface area contributed by atoms with Gasteiger partial charge in [-0.05, 0) is 0 Å². The first-order chi connectivity index (χ1) is 6.72.